The second kappa shape index (κ2) is 5.92. The summed E-state index contributed by atoms with van der Waals surface area (Å²) in [5.74, 6) is 0.398. The van der Waals surface area contributed by atoms with Crippen LogP contribution in [0.25, 0.3) is 0 Å². The number of benzene rings is 2. The Morgan fingerprint density at radius 2 is 1.76 bits per heavy atom. The maximum Gasteiger partial charge on any atom is 0.265 e. The molecule has 0 fully saturated rings. The molecule has 7 heteroatoms. The summed E-state index contributed by atoms with van der Waals surface area (Å²) in [5, 5.41) is 9.67. The number of methoxy groups -OCH3 is 2. The molecule has 0 aliphatic heterocycles. The van der Waals surface area contributed by atoms with Crippen molar-refractivity contribution in [2.24, 2.45) is 0 Å². The van der Waals surface area contributed by atoms with E-state index in [9.17, 15) is 13.5 Å². The fraction of sp³-hybridized carbons (Fsp3) is 0.143. The first-order valence-corrected chi connectivity index (χ1v) is 7.49. The van der Waals surface area contributed by atoms with Gasteiger partial charge in [0, 0.05) is 6.07 Å². The summed E-state index contributed by atoms with van der Waals surface area (Å²) in [4.78, 5) is -0.0763. The van der Waals surface area contributed by atoms with E-state index in [-0.39, 0.29) is 22.1 Å². The smallest absolute Gasteiger partial charge is 0.265 e. The molecule has 0 aromatic heterocycles. The molecule has 0 atom stereocenters. The molecule has 0 unspecified atom stereocenters. The van der Waals surface area contributed by atoms with Crippen LogP contribution in [0.4, 0.5) is 5.69 Å². The molecule has 0 aliphatic rings. The second-order valence-electron chi connectivity index (χ2n) is 4.14. The van der Waals surface area contributed by atoms with E-state index in [2.05, 4.69) is 4.72 Å². The van der Waals surface area contributed by atoms with Crippen molar-refractivity contribution in [3.05, 3.63) is 42.5 Å². The van der Waals surface area contributed by atoms with Crippen molar-refractivity contribution in [3.8, 4) is 17.2 Å². The van der Waals surface area contributed by atoms with Crippen molar-refractivity contribution in [1.82, 2.24) is 0 Å². The standard InChI is InChI=1S/C14H15NO5S/c1-19-10-7-8-13(20-2)14(9-10)21(17,18)15-11-5-3-4-6-12(11)16/h3-9,15-16H,1-2H3. The highest BCUT2D eigenvalue weighted by Gasteiger charge is 2.21. The largest absolute Gasteiger partial charge is 0.506 e. The third-order valence-corrected chi connectivity index (χ3v) is 4.20. The quantitative estimate of drug-likeness (QED) is 0.827. The van der Waals surface area contributed by atoms with Crippen LogP contribution in [0, 0.1) is 0 Å². The summed E-state index contributed by atoms with van der Waals surface area (Å²) in [7, 11) is -1.11. The predicted molar refractivity (Wildman–Crippen MR) is 78.5 cm³/mol. The molecule has 2 aromatic carbocycles. The Morgan fingerprint density at radius 3 is 2.38 bits per heavy atom. The van der Waals surface area contributed by atoms with Crippen LogP contribution in [0.1, 0.15) is 0 Å². The van der Waals surface area contributed by atoms with E-state index in [1.165, 1.54) is 38.5 Å². The Morgan fingerprint density at radius 1 is 1.05 bits per heavy atom. The second-order valence-corrected chi connectivity index (χ2v) is 5.79. The van der Waals surface area contributed by atoms with Gasteiger partial charge in [0.25, 0.3) is 10.0 Å². The molecular weight excluding hydrogens is 294 g/mol. The molecule has 0 spiro atoms. The van der Waals surface area contributed by atoms with Gasteiger partial charge in [-0.1, -0.05) is 12.1 Å². The monoisotopic (exact) mass is 309 g/mol. The van der Waals surface area contributed by atoms with Gasteiger partial charge in [0.2, 0.25) is 0 Å². The molecule has 112 valence electrons. The molecule has 0 aliphatic carbocycles. The number of nitrogens with one attached hydrogen (secondary N) is 1. The average molecular weight is 309 g/mol. The van der Waals surface area contributed by atoms with Crippen LogP contribution >= 0.6 is 0 Å². The minimum absolute atomic E-state index is 0.0763. The predicted octanol–water partition coefficient (Wildman–Crippen LogP) is 2.21. The molecule has 0 saturated carbocycles. The minimum Gasteiger partial charge on any atom is -0.506 e. The third kappa shape index (κ3) is 3.19. The Labute approximate surface area is 123 Å². The molecule has 0 amide bonds. The van der Waals surface area contributed by atoms with Crippen molar-refractivity contribution in [2.45, 2.75) is 4.90 Å². The topological polar surface area (TPSA) is 84.9 Å². The van der Waals surface area contributed by atoms with E-state index < -0.39 is 10.0 Å². The fourth-order valence-corrected chi connectivity index (χ4v) is 3.01. The first kappa shape index (κ1) is 15.0. The lowest BCUT2D eigenvalue weighted by Gasteiger charge is -2.13. The molecular formula is C14H15NO5S. The summed E-state index contributed by atoms with van der Waals surface area (Å²) < 4.78 is 37.3. The highest BCUT2D eigenvalue weighted by molar-refractivity contribution is 7.92. The number of para-hydroxylation sites is 2. The zero-order chi connectivity index (χ0) is 15.5. The van der Waals surface area contributed by atoms with Crippen LogP contribution in [-0.2, 0) is 10.0 Å². The maximum absolute atomic E-state index is 12.4. The molecule has 0 heterocycles. The normalized spacial score (nSPS) is 11.0. The third-order valence-electron chi connectivity index (χ3n) is 2.81. The molecule has 2 rings (SSSR count). The van der Waals surface area contributed by atoms with Gasteiger partial charge in [0.15, 0.2) is 0 Å². The zero-order valence-electron chi connectivity index (χ0n) is 11.5. The van der Waals surface area contributed by atoms with Crippen LogP contribution in [0.15, 0.2) is 47.4 Å². The number of phenols is 1. The fourth-order valence-electron chi connectivity index (χ4n) is 1.75. The Hall–Kier alpha value is -2.41. The number of rotatable bonds is 5. The molecule has 0 bridgehead atoms. The Kier molecular flexibility index (Phi) is 4.23. The van der Waals surface area contributed by atoms with Gasteiger partial charge in [0.05, 0.1) is 19.9 Å². The SMILES string of the molecule is COc1ccc(OC)c(S(=O)(=O)Nc2ccccc2O)c1. The minimum atomic E-state index is -3.93. The lowest BCUT2D eigenvalue weighted by Crippen LogP contribution is -2.14. The molecule has 6 nitrogen and oxygen atoms in total. The number of aromatic hydroxyl groups is 1. The zero-order valence-corrected chi connectivity index (χ0v) is 12.3. The van der Waals surface area contributed by atoms with Gasteiger partial charge in [0.1, 0.15) is 22.1 Å². The maximum atomic E-state index is 12.4. The molecule has 0 saturated heterocycles. The van der Waals surface area contributed by atoms with Crippen LogP contribution in [0.3, 0.4) is 0 Å². The highest BCUT2D eigenvalue weighted by atomic mass is 32.2. The van der Waals surface area contributed by atoms with E-state index in [1.54, 1.807) is 18.2 Å². The van der Waals surface area contributed by atoms with Crippen LogP contribution in [-0.4, -0.2) is 27.7 Å². The van der Waals surface area contributed by atoms with Crippen LogP contribution in [0.5, 0.6) is 17.2 Å². The molecule has 21 heavy (non-hydrogen) atoms. The lowest BCUT2D eigenvalue weighted by molar-refractivity contribution is 0.392. The van der Waals surface area contributed by atoms with Gasteiger partial charge in [-0.3, -0.25) is 4.72 Å². The molecule has 0 radical (unpaired) electrons. The van der Waals surface area contributed by atoms with Crippen molar-refractivity contribution < 1.29 is 23.0 Å². The van der Waals surface area contributed by atoms with E-state index >= 15 is 0 Å². The summed E-state index contributed by atoms with van der Waals surface area (Å²) in [6.07, 6.45) is 0. The van der Waals surface area contributed by atoms with Gasteiger partial charge < -0.3 is 14.6 Å². The van der Waals surface area contributed by atoms with Crippen molar-refractivity contribution in [1.29, 1.82) is 0 Å². The number of hydrogen-bond acceptors (Lipinski definition) is 5. The van der Waals surface area contributed by atoms with Gasteiger partial charge >= 0.3 is 0 Å². The van der Waals surface area contributed by atoms with Gasteiger partial charge in [-0.05, 0) is 24.3 Å². The first-order chi connectivity index (χ1) is 9.97. The average Bonchev–Trinajstić information content (AvgIpc) is 2.48. The number of ether oxygens (including phenoxy) is 2. The van der Waals surface area contributed by atoms with E-state index in [4.69, 9.17) is 9.47 Å². The van der Waals surface area contributed by atoms with E-state index in [1.807, 2.05) is 0 Å². The van der Waals surface area contributed by atoms with Crippen LogP contribution < -0.4 is 14.2 Å². The van der Waals surface area contributed by atoms with Gasteiger partial charge in [-0.15, -0.1) is 0 Å². The van der Waals surface area contributed by atoms with Gasteiger partial charge in [-0.25, -0.2) is 8.42 Å². The first-order valence-electron chi connectivity index (χ1n) is 6.01. The summed E-state index contributed by atoms with van der Waals surface area (Å²) in [5.41, 5.74) is 0.0855. The number of sulfonamides is 1. The van der Waals surface area contributed by atoms with Crippen LogP contribution in [0.2, 0.25) is 0 Å². The molecule has 2 N–H and O–H groups in total. The number of anilines is 1. The molecule has 2 aromatic rings. The van der Waals surface area contributed by atoms with Gasteiger partial charge in [-0.2, -0.15) is 0 Å². The highest BCUT2D eigenvalue weighted by Crippen LogP contribution is 2.31. The van der Waals surface area contributed by atoms with Crippen molar-refractivity contribution in [2.75, 3.05) is 18.9 Å². The lowest BCUT2D eigenvalue weighted by atomic mass is 10.3. The van der Waals surface area contributed by atoms with Crippen molar-refractivity contribution >= 4 is 15.7 Å². The van der Waals surface area contributed by atoms with Crippen molar-refractivity contribution in [3.63, 3.8) is 0 Å². The Balaban J connectivity index is 2.46. The summed E-state index contributed by atoms with van der Waals surface area (Å²) in [6.45, 7) is 0. The number of hydrogen-bond donors (Lipinski definition) is 2. The summed E-state index contributed by atoms with van der Waals surface area (Å²) in [6, 6.07) is 10.5. The Bertz CT molecular complexity index is 743. The summed E-state index contributed by atoms with van der Waals surface area (Å²) >= 11 is 0. The van der Waals surface area contributed by atoms with E-state index in [0.717, 1.165) is 0 Å². The number of phenolic OH excluding ortho intramolecular Hbond substituents is 1. The van der Waals surface area contributed by atoms with E-state index in [0.29, 0.717) is 5.75 Å².